The van der Waals surface area contributed by atoms with Crippen LogP contribution in [-0.4, -0.2) is 67.2 Å². The van der Waals surface area contributed by atoms with Crippen LogP contribution in [0.1, 0.15) is 56.1 Å². The van der Waals surface area contributed by atoms with Gasteiger partial charge in [-0.3, -0.25) is 9.59 Å². The van der Waals surface area contributed by atoms with E-state index in [1.807, 2.05) is 12.1 Å². The van der Waals surface area contributed by atoms with Gasteiger partial charge in [0.2, 0.25) is 5.91 Å². The molecule has 0 radical (unpaired) electrons. The summed E-state index contributed by atoms with van der Waals surface area (Å²) in [5, 5.41) is 19.5. The summed E-state index contributed by atoms with van der Waals surface area (Å²) < 4.78 is 18.9. The third kappa shape index (κ3) is 8.66. The van der Waals surface area contributed by atoms with Gasteiger partial charge in [-0.1, -0.05) is 43.9 Å². The van der Waals surface area contributed by atoms with Gasteiger partial charge in [-0.05, 0) is 68.1 Å². The van der Waals surface area contributed by atoms with Crippen LogP contribution in [0.15, 0.2) is 36.4 Å². The number of fused-ring (bicyclic) bond motifs is 1. The monoisotopic (exact) mass is 540 g/mol. The van der Waals surface area contributed by atoms with Crippen LogP contribution >= 0.6 is 0 Å². The number of carbonyl (C=O) groups excluding carboxylic acids is 2. The third-order valence-electron chi connectivity index (χ3n) is 7.51. The highest BCUT2D eigenvalue weighted by Gasteiger charge is 2.25. The van der Waals surface area contributed by atoms with E-state index in [9.17, 15) is 19.1 Å². The van der Waals surface area contributed by atoms with E-state index >= 15 is 0 Å². The van der Waals surface area contributed by atoms with E-state index in [4.69, 9.17) is 4.74 Å². The summed E-state index contributed by atoms with van der Waals surface area (Å²) >= 11 is 0. The predicted molar refractivity (Wildman–Crippen MR) is 150 cm³/mol. The average molecular weight is 541 g/mol. The molecule has 0 bridgehead atoms. The molecule has 0 aromatic heterocycles. The highest BCUT2D eigenvalue weighted by molar-refractivity contribution is 5.97. The van der Waals surface area contributed by atoms with Gasteiger partial charge in [0.1, 0.15) is 17.3 Å². The smallest absolute Gasteiger partial charge is 0.262 e. The number of hydrogen-bond acceptors (Lipinski definition) is 6. The van der Waals surface area contributed by atoms with Gasteiger partial charge in [0.05, 0.1) is 0 Å². The SMILES string of the molecule is O=C1COc2c(CCNCCN(C(=O)CCNCCc3cccc(F)c3)C3CCCCCC3)ccc(O)c2N1. The van der Waals surface area contributed by atoms with E-state index in [1.165, 1.54) is 18.9 Å². The molecule has 1 aliphatic carbocycles. The summed E-state index contributed by atoms with van der Waals surface area (Å²) in [6.07, 6.45) is 8.75. The fraction of sp³-hybridized carbons (Fsp3) is 0.533. The molecule has 39 heavy (non-hydrogen) atoms. The lowest BCUT2D eigenvalue weighted by Crippen LogP contribution is -2.45. The number of rotatable bonds is 13. The number of nitrogens with zero attached hydrogens (tertiary/aromatic N) is 1. The van der Waals surface area contributed by atoms with Gasteiger partial charge in [0, 0.05) is 32.1 Å². The largest absolute Gasteiger partial charge is 0.506 e. The van der Waals surface area contributed by atoms with E-state index in [2.05, 4.69) is 20.9 Å². The molecule has 4 rings (SSSR count). The highest BCUT2D eigenvalue weighted by Crippen LogP contribution is 2.39. The van der Waals surface area contributed by atoms with Crippen LogP contribution < -0.4 is 20.7 Å². The lowest BCUT2D eigenvalue weighted by atomic mass is 10.1. The Balaban J connectivity index is 1.23. The molecular weight excluding hydrogens is 499 g/mol. The van der Waals surface area contributed by atoms with Crippen molar-refractivity contribution in [3.8, 4) is 11.5 Å². The van der Waals surface area contributed by atoms with Gasteiger partial charge in [-0.25, -0.2) is 4.39 Å². The molecule has 0 saturated heterocycles. The fourth-order valence-electron chi connectivity index (χ4n) is 5.43. The van der Waals surface area contributed by atoms with Crippen molar-refractivity contribution in [2.45, 2.75) is 63.8 Å². The minimum absolute atomic E-state index is 0.00392. The van der Waals surface area contributed by atoms with Crippen molar-refractivity contribution in [3.05, 3.63) is 53.3 Å². The number of phenols is 1. The quantitative estimate of drug-likeness (QED) is 0.175. The standard InChI is InChI=1S/C30H41FN4O4/c31-24-7-5-6-22(20-24)12-15-32-17-14-28(38)35(25-8-3-1-2-4-9-25)19-18-33-16-13-23-10-11-26(36)29-30(23)39-21-27(37)34-29/h5-7,10-11,20,25,32-33,36H,1-4,8-9,12-19,21H2,(H,34,37). The summed E-state index contributed by atoms with van der Waals surface area (Å²) in [6, 6.07) is 10.3. The molecule has 1 heterocycles. The molecule has 2 aromatic carbocycles. The van der Waals surface area contributed by atoms with Crippen molar-refractivity contribution in [1.82, 2.24) is 15.5 Å². The number of halogens is 1. The number of anilines is 1. The molecule has 212 valence electrons. The molecule has 9 heteroatoms. The molecule has 1 fully saturated rings. The lowest BCUT2D eigenvalue weighted by molar-refractivity contribution is -0.133. The number of phenolic OH excluding ortho intramolecular Hbond substituents is 1. The number of aromatic hydroxyl groups is 1. The Morgan fingerprint density at radius 1 is 1.03 bits per heavy atom. The molecule has 0 atom stereocenters. The number of nitrogens with one attached hydrogen (secondary N) is 3. The Hall–Kier alpha value is -3.17. The maximum atomic E-state index is 13.4. The van der Waals surface area contributed by atoms with Gasteiger partial charge in [-0.2, -0.15) is 0 Å². The lowest BCUT2D eigenvalue weighted by Gasteiger charge is -2.32. The van der Waals surface area contributed by atoms with Crippen LogP contribution in [-0.2, 0) is 22.4 Å². The van der Waals surface area contributed by atoms with Crippen LogP contribution in [0.5, 0.6) is 11.5 Å². The summed E-state index contributed by atoms with van der Waals surface area (Å²) in [6.45, 7) is 3.28. The Bertz CT molecular complexity index is 1100. The Labute approximate surface area is 230 Å². The number of carbonyl (C=O) groups is 2. The van der Waals surface area contributed by atoms with Crippen molar-refractivity contribution in [1.29, 1.82) is 0 Å². The maximum Gasteiger partial charge on any atom is 0.262 e. The highest BCUT2D eigenvalue weighted by atomic mass is 19.1. The van der Waals surface area contributed by atoms with Crippen molar-refractivity contribution < 1.29 is 23.8 Å². The first kappa shape index (κ1) is 28.8. The first-order valence-corrected chi connectivity index (χ1v) is 14.2. The molecule has 2 aliphatic rings. The van der Waals surface area contributed by atoms with E-state index < -0.39 is 0 Å². The van der Waals surface area contributed by atoms with E-state index in [0.717, 1.165) is 43.2 Å². The molecule has 1 aliphatic heterocycles. The summed E-state index contributed by atoms with van der Waals surface area (Å²) in [4.78, 5) is 27.0. The normalized spacial score (nSPS) is 15.7. The first-order chi connectivity index (χ1) is 19.0. The number of hydrogen-bond donors (Lipinski definition) is 4. The topological polar surface area (TPSA) is 103 Å². The molecular formula is C30H41FN4O4. The summed E-state index contributed by atoms with van der Waals surface area (Å²) in [7, 11) is 0. The second-order valence-corrected chi connectivity index (χ2v) is 10.4. The van der Waals surface area contributed by atoms with Gasteiger partial charge in [-0.15, -0.1) is 0 Å². The zero-order valence-corrected chi connectivity index (χ0v) is 22.6. The van der Waals surface area contributed by atoms with Crippen LogP contribution in [0, 0.1) is 5.82 Å². The fourth-order valence-corrected chi connectivity index (χ4v) is 5.43. The van der Waals surface area contributed by atoms with E-state index in [1.54, 1.807) is 18.2 Å². The number of ether oxygens (including phenoxy) is 1. The van der Waals surface area contributed by atoms with E-state index in [-0.39, 0.29) is 36.0 Å². The van der Waals surface area contributed by atoms with Gasteiger partial charge in [0.15, 0.2) is 12.4 Å². The molecule has 1 saturated carbocycles. The molecule has 0 unspecified atom stereocenters. The number of amides is 2. The van der Waals surface area contributed by atoms with Gasteiger partial charge in [0.25, 0.3) is 5.91 Å². The van der Waals surface area contributed by atoms with Crippen molar-refractivity contribution in [3.63, 3.8) is 0 Å². The second kappa shape index (κ2) is 14.8. The third-order valence-corrected chi connectivity index (χ3v) is 7.51. The Morgan fingerprint density at radius 2 is 1.79 bits per heavy atom. The zero-order chi connectivity index (χ0) is 27.5. The molecule has 0 spiro atoms. The van der Waals surface area contributed by atoms with Gasteiger partial charge < -0.3 is 30.7 Å². The van der Waals surface area contributed by atoms with Crippen LogP contribution in [0.3, 0.4) is 0 Å². The van der Waals surface area contributed by atoms with Crippen molar-refractivity contribution in [2.75, 3.05) is 44.6 Å². The molecule has 2 aromatic rings. The molecule has 2 amide bonds. The Kier molecular flexibility index (Phi) is 11.0. The minimum atomic E-state index is -0.280. The molecule has 4 N–H and O–H groups in total. The van der Waals surface area contributed by atoms with Crippen LogP contribution in [0.2, 0.25) is 0 Å². The average Bonchev–Trinajstić information content (AvgIpc) is 3.21. The van der Waals surface area contributed by atoms with Crippen LogP contribution in [0.25, 0.3) is 0 Å². The van der Waals surface area contributed by atoms with Crippen LogP contribution in [0.4, 0.5) is 10.1 Å². The minimum Gasteiger partial charge on any atom is -0.506 e. The number of benzene rings is 2. The van der Waals surface area contributed by atoms with Crippen molar-refractivity contribution >= 4 is 17.5 Å². The summed E-state index contributed by atoms with van der Waals surface area (Å²) in [5.74, 6) is 0.198. The van der Waals surface area contributed by atoms with Crippen molar-refractivity contribution in [2.24, 2.45) is 0 Å². The van der Waals surface area contributed by atoms with Gasteiger partial charge >= 0.3 is 0 Å². The predicted octanol–water partition coefficient (Wildman–Crippen LogP) is 3.77. The van der Waals surface area contributed by atoms with E-state index in [0.29, 0.717) is 57.0 Å². The molecule has 8 nitrogen and oxygen atoms in total. The zero-order valence-electron chi connectivity index (χ0n) is 22.6. The first-order valence-electron chi connectivity index (χ1n) is 14.2. The Morgan fingerprint density at radius 3 is 2.59 bits per heavy atom. The summed E-state index contributed by atoms with van der Waals surface area (Å²) in [5.41, 5.74) is 2.19. The second-order valence-electron chi connectivity index (χ2n) is 10.4. The maximum absolute atomic E-state index is 13.4.